The molecule has 1 aliphatic rings. The molecule has 0 spiro atoms. The third-order valence-corrected chi connectivity index (χ3v) is 6.55. The number of anilines is 1. The van der Waals surface area contributed by atoms with Crippen molar-refractivity contribution in [3.05, 3.63) is 82.6 Å². The number of nitrogens with one attached hydrogen (secondary N) is 1. The summed E-state index contributed by atoms with van der Waals surface area (Å²) in [4.78, 5) is 28.7. The van der Waals surface area contributed by atoms with E-state index < -0.39 is 5.97 Å². The van der Waals surface area contributed by atoms with Crippen LogP contribution in [0.4, 0.5) is 5.69 Å². The predicted octanol–water partition coefficient (Wildman–Crippen LogP) is 5.49. The zero-order valence-corrected chi connectivity index (χ0v) is 19.7. The molecule has 0 saturated carbocycles. The minimum absolute atomic E-state index is 0.0504. The molecule has 2 heterocycles. The Morgan fingerprint density at radius 1 is 1.18 bits per heavy atom. The van der Waals surface area contributed by atoms with Gasteiger partial charge in [-0.25, -0.2) is 0 Å². The van der Waals surface area contributed by atoms with Crippen molar-refractivity contribution < 1.29 is 19.4 Å². The molecule has 2 N–H and O–H groups in total. The number of rotatable bonds is 8. The smallest absolute Gasteiger partial charge is 0.303 e. The third kappa shape index (κ3) is 5.64. The van der Waals surface area contributed by atoms with Gasteiger partial charge >= 0.3 is 5.97 Å². The summed E-state index contributed by atoms with van der Waals surface area (Å²) < 4.78 is 5.60. The quantitative estimate of drug-likeness (QED) is 0.447. The molecule has 4 rings (SSSR count). The summed E-state index contributed by atoms with van der Waals surface area (Å²) in [5.41, 5.74) is 5.33. The number of carboxylic acid groups (broad SMARTS) is 1. The van der Waals surface area contributed by atoms with Crippen molar-refractivity contribution in [1.29, 1.82) is 0 Å². The summed E-state index contributed by atoms with van der Waals surface area (Å²) in [6, 6.07) is 15.4. The monoisotopic (exact) mass is 478 g/mol. The van der Waals surface area contributed by atoms with Crippen LogP contribution in [0.3, 0.4) is 0 Å². The SMILES string of the molecule is Cc1c(CCC(=O)O)cccc1NC(=O)C(c1ccc(-c2cncc(Cl)c2)cc1)C1CCOC1. The summed E-state index contributed by atoms with van der Waals surface area (Å²) >= 11 is 6.08. The van der Waals surface area contributed by atoms with E-state index in [0.29, 0.717) is 30.3 Å². The number of hydrogen-bond acceptors (Lipinski definition) is 4. The molecule has 1 saturated heterocycles. The summed E-state index contributed by atoms with van der Waals surface area (Å²) in [5, 5.41) is 12.7. The third-order valence-electron chi connectivity index (χ3n) is 6.34. The maximum atomic E-state index is 13.5. The number of carboxylic acids is 1. The van der Waals surface area contributed by atoms with Gasteiger partial charge in [0, 0.05) is 42.6 Å². The molecule has 34 heavy (non-hydrogen) atoms. The van der Waals surface area contributed by atoms with Crippen LogP contribution in [0.1, 0.15) is 35.4 Å². The van der Waals surface area contributed by atoms with Crippen LogP contribution < -0.4 is 5.32 Å². The van der Waals surface area contributed by atoms with Crippen LogP contribution in [-0.2, 0) is 20.7 Å². The Morgan fingerprint density at radius 3 is 2.65 bits per heavy atom. The number of carbonyl (C=O) groups excluding carboxylic acids is 1. The molecule has 0 bridgehead atoms. The highest BCUT2D eigenvalue weighted by molar-refractivity contribution is 6.30. The number of amides is 1. The molecular weight excluding hydrogens is 452 g/mol. The van der Waals surface area contributed by atoms with Crippen LogP contribution in [-0.4, -0.2) is 35.2 Å². The fraction of sp³-hybridized carbons (Fsp3) is 0.296. The van der Waals surface area contributed by atoms with Crippen molar-refractivity contribution in [3.63, 3.8) is 0 Å². The van der Waals surface area contributed by atoms with E-state index in [0.717, 1.165) is 34.2 Å². The van der Waals surface area contributed by atoms with Crippen LogP contribution >= 0.6 is 11.6 Å². The van der Waals surface area contributed by atoms with Gasteiger partial charge in [0.25, 0.3) is 0 Å². The topological polar surface area (TPSA) is 88.5 Å². The molecule has 6 nitrogen and oxygen atoms in total. The number of aryl methyl sites for hydroxylation is 1. The van der Waals surface area contributed by atoms with Crippen LogP contribution in [0, 0.1) is 12.8 Å². The Balaban J connectivity index is 1.58. The first-order valence-electron chi connectivity index (χ1n) is 11.3. The van der Waals surface area contributed by atoms with Gasteiger partial charge in [0.05, 0.1) is 17.5 Å². The van der Waals surface area contributed by atoms with Gasteiger partial charge in [-0.3, -0.25) is 14.6 Å². The summed E-state index contributed by atoms with van der Waals surface area (Å²) in [7, 11) is 0. The summed E-state index contributed by atoms with van der Waals surface area (Å²) in [6.07, 6.45) is 4.64. The van der Waals surface area contributed by atoms with Crippen molar-refractivity contribution >= 4 is 29.2 Å². The number of pyridine rings is 1. The summed E-state index contributed by atoms with van der Waals surface area (Å²) in [6.45, 7) is 3.09. The number of hydrogen-bond donors (Lipinski definition) is 2. The van der Waals surface area contributed by atoms with E-state index in [1.807, 2.05) is 55.5 Å². The number of benzene rings is 2. The van der Waals surface area contributed by atoms with E-state index in [9.17, 15) is 9.59 Å². The number of ether oxygens (including phenoxy) is 1. The molecule has 1 fully saturated rings. The standard InChI is InChI=1S/C27H27ClN2O4/c1-17-18(9-10-25(31)32)3-2-4-24(17)30-27(33)26(21-11-12-34-16-21)20-7-5-19(6-8-20)22-13-23(28)15-29-14-22/h2-8,13-15,21,26H,9-12,16H2,1H3,(H,30,33)(H,31,32). The number of aliphatic carboxylic acids is 1. The first-order valence-corrected chi connectivity index (χ1v) is 11.7. The first-order chi connectivity index (χ1) is 16.4. The van der Waals surface area contributed by atoms with E-state index in [-0.39, 0.29) is 24.2 Å². The Labute approximate surface area is 203 Å². The van der Waals surface area contributed by atoms with Crippen molar-refractivity contribution in [2.75, 3.05) is 18.5 Å². The minimum Gasteiger partial charge on any atom is -0.481 e. The highest BCUT2D eigenvalue weighted by atomic mass is 35.5. The van der Waals surface area contributed by atoms with Gasteiger partial charge < -0.3 is 15.2 Å². The highest BCUT2D eigenvalue weighted by Gasteiger charge is 2.33. The molecule has 0 aliphatic carbocycles. The molecule has 2 atom stereocenters. The second-order valence-corrected chi connectivity index (χ2v) is 9.02. The van der Waals surface area contributed by atoms with Gasteiger partial charge in [-0.15, -0.1) is 0 Å². The van der Waals surface area contributed by atoms with Crippen molar-refractivity contribution in [1.82, 2.24) is 4.98 Å². The lowest BCUT2D eigenvalue weighted by atomic mass is 9.84. The number of aromatic nitrogens is 1. The Bertz CT molecular complexity index is 1170. The molecule has 3 aromatic rings. The molecule has 1 amide bonds. The lowest BCUT2D eigenvalue weighted by Crippen LogP contribution is -2.28. The van der Waals surface area contributed by atoms with E-state index in [2.05, 4.69) is 10.3 Å². The van der Waals surface area contributed by atoms with Gasteiger partial charge in [-0.2, -0.15) is 0 Å². The van der Waals surface area contributed by atoms with Crippen molar-refractivity contribution in [2.24, 2.45) is 5.92 Å². The summed E-state index contributed by atoms with van der Waals surface area (Å²) in [5.74, 6) is -1.22. The molecule has 7 heteroatoms. The number of nitrogens with zero attached hydrogens (tertiary/aromatic N) is 1. The Morgan fingerprint density at radius 2 is 1.97 bits per heavy atom. The number of carbonyl (C=O) groups is 2. The van der Waals surface area contributed by atoms with E-state index in [1.54, 1.807) is 12.4 Å². The zero-order chi connectivity index (χ0) is 24.1. The molecule has 1 aliphatic heterocycles. The van der Waals surface area contributed by atoms with Gasteiger partial charge in [-0.1, -0.05) is 48.0 Å². The average Bonchev–Trinajstić information content (AvgIpc) is 3.34. The second kappa shape index (κ2) is 10.8. The molecule has 1 aromatic heterocycles. The van der Waals surface area contributed by atoms with E-state index in [4.69, 9.17) is 21.4 Å². The second-order valence-electron chi connectivity index (χ2n) is 8.59. The van der Waals surface area contributed by atoms with Crippen LogP contribution in [0.15, 0.2) is 60.9 Å². The van der Waals surface area contributed by atoms with Gasteiger partial charge in [0.15, 0.2) is 0 Å². The van der Waals surface area contributed by atoms with Crippen LogP contribution in [0.2, 0.25) is 5.02 Å². The van der Waals surface area contributed by atoms with Crippen LogP contribution in [0.5, 0.6) is 0 Å². The van der Waals surface area contributed by atoms with Crippen molar-refractivity contribution in [2.45, 2.75) is 32.1 Å². The molecule has 0 radical (unpaired) electrons. The maximum Gasteiger partial charge on any atom is 0.303 e. The van der Waals surface area contributed by atoms with Gasteiger partial charge in [-0.05, 0) is 54.2 Å². The normalized spacial score (nSPS) is 16.2. The lowest BCUT2D eigenvalue weighted by Gasteiger charge is -2.23. The van der Waals surface area contributed by atoms with Crippen molar-refractivity contribution in [3.8, 4) is 11.1 Å². The average molecular weight is 479 g/mol. The van der Waals surface area contributed by atoms with Gasteiger partial charge in [0.1, 0.15) is 0 Å². The molecule has 2 unspecified atom stereocenters. The molecule has 2 aromatic carbocycles. The highest BCUT2D eigenvalue weighted by Crippen LogP contribution is 2.34. The predicted molar refractivity (Wildman–Crippen MR) is 132 cm³/mol. The van der Waals surface area contributed by atoms with Crippen LogP contribution in [0.25, 0.3) is 11.1 Å². The minimum atomic E-state index is -0.841. The molecular formula is C27H27ClN2O4. The van der Waals surface area contributed by atoms with E-state index in [1.165, 1.54) is 0 Å². The Hall–Kier alpha value is -3.22. The Kier molecular flexibility index (Phi) is 7.60. The van der Waals surface area contributed by atoms with E-state index >= 15 is 0 Å². The molecule has 176 valence electrons. The number of halogens is 1. The fourth-order valence-electron chi connectivity index (χ4n) is 4.45. The first kappa shape index (κ1) is 23.9. The lowest BCUT2D eigenvalue weighted by molar-refractivity contribution is -0.137. The zero-order valence-electron chi connectivity index (χ0n) is 19.0. The van der Waals surface area contributed by atoms with Gasteiger partial charge in [0.2, 0.25) is 5.91 Å². The maximum absolute atomic E-state index is 13.5. The fourth-order valence-corrected chi connectivity index (χ4v) is 4.62. The largest absolute Gasteiger partial charge is 0.481 e.